The standard InChI is InChI=1S/C22H22Cl3N5O2S/c1-3-30(9-8-26-2)15-6-4-14(5-7-15)28-21(32)19-22(33-12-27-19)29-20(31)18-16(24)10-13(23)11-17(18)25/h4-7,10-12,26H,3,8-9H2,1-2H3,(H,28,32)(H,29,31). The van der Waals surface area contributed by atoms with E-state index in [1.165, 1.54) is 17.6 Å². The van der Waals surface area contributed by atoms with Crippen LogP contribution in [0, 0.1) is 0 Å². The molecule has 33 heavy (non-hydrogen) atoms. The predicted molar refractivity (Wildman–Crippen MR) is 138 cm³/mol. The molecule has 0 unspecified atom stereocenters. The number of rotatable bonds is 9. The van der Waals surface area contributed by atoms with Gasteiger partial charge in [0.05, 0.1) is 21.1 Å². The fourth-order valence-electron chi connectivity index (χ4n) is 3.08. The molecule has 1 aromatic heterocycles. The highest BCUT2D eigenvalue weighted by Crippen LogP contribution is 2.31. The first kappa shape index (κ1) is 25.3. The van der Waals surface area contributed by atoms with E-state index in [2.05, 4.69) is 32.8 Å². The summed E-state index contributed by atoms with van der Waals surface area (Å²) in [5.41, 5.74) is 3.30. The average molecular weight is 527 g/mol. The van der Waals surface area contributed by atoms with E-state index in [-0.39, 0.29) is 26.3 Å². The van der Waals surface area contributed by atoms with E-state index in [0.29, 0.717) is 10.7 Å². The number of anilines is 3. The maximum absolute atomic E-state index is 12.8. The lowest BCUT2D eigenvalue weighted by molar-refractivity contribution is 0.102. The molecule has 174 valence electrons. The van der Waals surface area contributed by atoms with Crippen LogP contribution in [0.25, 0.3) is 0 Å². The number of likely N-dealkylation sites (N-methyl/N-ethyl adjacent to an activating group) is 2. The fraction of sp³-hybridized carbons (Fsp3) is 0.227. The SMILES string of the molecule is CCN(CCNC)c1ccc(NC(=O)c2ncsc2NC(=O)c2c(Cl)cc(Cl)cc2Cl)cc1. The monoisotopic (exact) mass is 525 g/mol. The number of benzene rings is 2. The van der Waals surface area contributed by atoms with Crippen molar-refractivity contribution in [1.29, 1.82) is 0 Å². The Morgan fingerprint density at radius 1 is 1.03 bits per heavy atom. The highest BCUT2D eigenvalue weighted by molar-refractivity contribution is 7.14. The highest BCUT2D eigenvalue weighted by Gasteiger charge is 2.21. The van der Waals surface area contributed by atoms with Crippen molar-refractivity contribution in [3.05, 3.63) is 68.2 Å². The number of carbonyl (C=O) groups excluding carboxylic acids is 2. The zero-order chi connectivity index (χ0) is 24.0. The smallest absolute Gasteiger partial charge is 0.277 e. The molecule has 2 amide bonds. The Labute approximate surface area is 211 Å². The molecule has 0 radical (unpaired) electrons. The molecule has 3 rings (SSSR count). The second-order valence-corrected chi connectivity index (χ2v) is 9.02. The van der Waals surface area contributed by atoms with Crippen molar-refractivity contribution in [2.45, 2.75) is 6.92 Å². The second kappa shape index (κ2) is 11.7. The Bertz CT molecular complexity index is 1110. The molecule has 0 aliphatic heterocycles. The number of nitrogens with one attached hydrogen (secondary N) is 3. The summed E-state index contributed by atoms with van der Waals surface area (Å²) in [7, 11) is 1.92. The van der Waals surface area contributed by atoms with E-state index in [4.69, 9.17) is 34.8 Å². The third-order valence-electron chi connectivity index (χ3n) is 4.75. The van der Waals surface area contributed by atoms with E-state index in [1.54, 1.807) is 0 Å². The van der Waals surface area contributed by atoms with Crippen LogP contribution >= 0.6 is 46.1 Å². The van der Waals surface area contributed by atoms with Gasteiger partial charge in [0, 0.05) is 36.0 Å². The number of thiazole rings is 1. The van der Waals surface area contributed by atoms with Crippen LogP contribution < -0.4 is 20.9 Å². The molecule has 0 saturated carbocycles. The zero-order valence-electron chi connectivity index (χ0n) is 17.9. The van der Waals surface area contributed by atoms with E-state index >= 15 is 0 Å². The van der Waals surface area contributed by atoms with Crippen molar-refractivity contribution in [3.8, 4) is 0 Å². The normalized spacial score (nSPS) is 10.7. The third kappa shape index (κ3) is 6.37. The summed E-state index contributed by atoms with van der Waals surface area (Å²) in [6, 6.07) is 10.4. The number of nitrogens with zero attached hydrogens (tertiary/aromatic N) is 2. The Kier molecular flexibility index (Phi) is 8.94. The minimum atomic E-state index is -0.564. The Balaban J connectivity index is 1.71. The topological polar surface area (TPSA) is 86.4 Å². The first-order chi connectivity index (χ1) is 15.8. The molecule has 3 N–H and O–H groups in total. The van der Waals surface area contributed by atoms with Gasteiger partial charge in [-0.05, 0) is 50.4 Å². The Morgan fingerprint density at radius 2 is 1.70 bits per heavy atom. The summed E-state index contributed by atoms with van der Waals surface area (Å²) in [6.45, 7) is 4.71. The fourth-order valence-corrected chi connectivity index (χ4v) is 4.74. The second-order valence-electron chi connectivity index (χ2n) is 6.91. The van der Waals surface area contributed by atoms with Crippen LogP contribution in [0.1, 0.15) is 27.8 Å². The van der Waals surface area contributed by atoms with Crippen molar-refractivity contribution >= 4 is 74.3 Å². The molecule has 2 aromatic carbocycles. The van der Waals surface area contributed by atoms with Crippen LogP contribution in [0.4, 0.5) is 16.4 Å². The summed E-state index contributed by atoms with van der Waals surface area (Å²) in [5.74, 6) is -1.01. The summed E-state index contributed by atoms with van der Waals surface area (Å²) in [4.78, 5) is 31.8. The van der Waals surface area contributed by atoms with Gasteiger partial charge in [0.25, 0.3) is 11.8 Å². The number of hydrogen-bond donors (Lipinski definition) is 3. The summed E-state index contributed by atoms with van der Waals surface area (Å²) in [5, 5.41) is 9.41. The largest absolute Gasteiger partial charge is 0.371 e. The number of amides is 2. The lowest BCUT2D eigenvalue weighted by Gasteiger charge is -2.23. The first-order valence-electron chi connectivity index (χ1n) is 10.0. The molecular formula is C22H22Cl3N5O2S. The summed E-state index contributed by atoms with van der Waals surface area (Å²) < 4.78 is 0. The van der Waals surface area contributed by atoms with Gasteiger partial charge in [-0.15, -0.1) is 11.3 Å². The van der Waals surface area contributed by atoms with E-state index in [1.807, 2.05) is 31.3 Å². The summed E-state index contributed by atoms with van der Waals surface area (Å²) in [6.07, 6.45) is 0. The molecule has 7 nitrogen and oxygen atoms in total. The van der Waals surface area contributed by atoms with E-state index in [0.717, 1.165) is 36.7 Å². The number of carbonyl (C=O) groups is 2. The van der Waals surface area contributed by atoms with Gasteiger partial charge in [0.15, 0.2) is 5.69 Å². The van der Waals surface area contributed by atoms with Gasteiger partial charge in [-0.25, -0.2) is 4.98 Å². The van der Waals surface area contributed by atoms with Gasteiger partial charge in [0.2, 0.25) is 0 Å². The lowest BCUT2D eigenvalue weighted by Crippen LogP contribution is -2.30. The maximum Gasteiger partial charge on any atom is 0.277 e. The molecule has 11 heteroatoms. The highest BCUT2D eigenvalue weighted by atomic mass is 35.5. The number of aromatic nitrogens is 1. The Hall–Kier alpha value is -2.36. The average Bonchev–Trinajstić information content (AvgIpc) is 3.22. The van der Waals surface area contributed by atoms with Crippen LogP contribution in [-0.4, -0.2) is 43.5 Å². The quantitative estimate of drug-likeness (QED) is 0.335. The predicted octanol–water partition coefficient (Wildman–Crippen LogP) is 5.65. The van der Waals surface area contributed by atoms with Gasteiger partial charge in [-0.2, -0.15) is 0 Å². The molecule has 0 atom stereocenters. The van der Waals surface area contributed by atoms with Gasteiger partial charge in [-0.1, -0.05) is 34.8 Å². The van der Waals surface area contributed by atoms with Crippen LogP contribution in [0.3, 0.4) is 0 Å². The molecule has 0 aliphatic carbocycles. The molecule has 0 fully saturated rings. The van der Waals surface area contributed by atoms with Gasteiger partial charge >= 0.3 is 0 Å². The van der Waals surface area contributed by atoms with E-state index in [9.17, 15) is 9.59 Å². The summed E-state index contributed by atoms with van der Waals surface area (Å²) >= 11 is 19.3. The lowest BCUT2D eigenvalue weighted by atomic mass is 10.2. The van der Waals surface area contributed by atoms with Crippen LogP contribution in [0.5, 0.6) is 0 Å². The first-order valence-corrected chi connectivity index (χ1v) is 12.1. The molecule has 0 spiro atoms. The van der Waals surface area contributed by atoms with Crippen molar-refractivity contribution in [1.82, 2.24) is 10.3 Å². The molecule has 0 aliphatic rings. The van der Waals surface area contributed by atoms with Crippen molar-refractivity contribution < 1.29 is 9.59 Å². The molecular weight excluding hydrogens is 505 g/mol. The minimum Gasteiger partial charge on any atom is -0.371 e. The molecule has 0 bridgehead atoms. The van der Waals surface area contributed by atoms with Gasteiger partial charge in [-0.3, -0.25) is 9.59 Å². The van der Waals surface area contributed by atoms with Gasteiger partial charge in [0.1, 0.15) is 5.00 Å². The third-order valence-corrected chi connectivity index (χ3v) is 6.30. The van der Waals surface area contributed by atoms with Crippen LogP contribution in [0.2, 0.25) is 15.1 Å². The number of hydrogen-bond acceptors (Lipinski definition) is 6. The maximum atomic E-state index is 12.8. The molecule has 3 aromatic rings. The van der Waals surface area contributed by atoms with Gasteiger partial charge < -0.3 is 20.9 Å². The van der Waals surface area contributed by atoms with Crippen molar-refractivity contribution in [3.63, 3.8) is 0 Å². The minimum absolute atomic E-state index is 0.0665. The van der Waals surface area contributed by atoms with Crippen LogP contribution in [0.15, 0.2) is 41.9 Å². The van der Waals surface area contributed by atoms with Crippen molar-refractivity contribution in [2.75, 3.05) is 42.2 Å². The van der Waals surface area contributed by atoms with E-state index < -0.39 is 11.8 Å². The Morgan fingerprint density at radius 3 is 2.30 bits per heavy atom. The van der Waals surface area contributed by atoms with Crippen molar-refractivity contribution in [2.24, 2.45) is 0 Å². The van der Waals surface area contributed by atoms with Crippen LogP contribution in [-0.2, 0) is 0 Å². The number of halogens is 3. The zero-order valence-corrected chi connectivity index (χ0v) is 21.0. The molecule has 0 saturated heterocycles. The molecule has 1 heterocycles.